The fourth-order valence-electron chi connectivity index (χ4n) is 3.45. The first-order valence-electron chi connectivity index (χ1n) is 10.8. The fraction of sp³-hybridized carbons (Fsp3) is 0.360. The molecule has 0 heterocycles. The van der Waals surface area contributed by atoms with Gasteiger partial charge < -0.3 is 4.84 Å². The zero-order valence-electron chi connectivity index (χ0n) is 19.5. The molecule has 0 radical (unpaired) electrons. The monoisotopic (exact) mass is 437 g/mol. The van der Waals surface area contributed by atoms with E-state index < -0.39 is 6.03 Å². The number of aryl methyl sites for hydroxylation is 1. The summed E-state index contributed by atoms with van der Waals surface area (Å²) in [6.07, 6.45) is 13.9. The Morgan fingerprint density at radius 1 is 1.38 bits per heavy atom. The summed E-state index contributed by atoms with van der Waals surface area (Å²) >= 11 is 0. The topological polar surface area (TPSA) is 97.2 Å². The maximum absolute atomic E-state index is 12.2. The van der Waals surface area contributed by atoms with Crippen molar-refractivity contribution in [3.63, 3.8) is 0 Å². The highest BCUT2D eigenvalue weighted by Crippen LogP contribution is 2.25. The van der Waals surface area contributed by atoms with Gasteiger partial charge in [-0.3, -0.25) is 5.01 Å². The number of nitrogens with two attached hydrogens (primary N) is 2. The Balaban J connectivity index is 2.18. The molecule has 7 nitrogen and oxygen atoms in total. The van der Waals surface area contributed by atoms with Gasteiger partial charge in [0.25, 0.3) is 0 Å². The van der Waals surface area contributed by atoms with Crippen molar-refractivity contribution in [1.82, 2.24) is 5.01 Å². The third-order valence-electron chi connectivity index (χ3n) is 5.54. The maximum atomic E-state index is 12.2. The van der Waals surface area contributed by atoms with E-state index in [2.05, 4.69) is 36.9 Å². The van der Waals surface area contributed by atoms with Gasteiger partial charge in [-0.25, -0.2) is 21.5 Å². The highest BCUT2D eigenvalue weighted by atomic mass is 16.6. The Morgan fingerprint density at radius 3 is 2.81 bits per heavy atom. The normalized spacial score (nSPS) is 18.3. The molecule has 0 aromatic heterocycles. The molecule has 0 aliphatic heterocycles. The molecular formula is C25H35N5O2. The molecule has 0 spiro atoms. The van der Waals surface area contributed by atoms with Crippen molar-refractivity contribution in [2.24, 2.45) is 22.8 Å². The number of carbonyl (C=O) groups is 1. The molecule has 0 fully saturated rings. The van der Waals surface area contributed by atoms with E-state index in [1.54, 1.807) is 12.1 Å². The summed E-state index contributed by atoms with van der Waals surface area (Å²) in [5.41, 5.74) is 5.09. The Bertz CT molecular complexity index is 944. The maximum Gasteiger partial charge on any atom is 0.352 e. The quantitative estimate of drug-likeness (QED) is 0.208. The number of hydrogen-bond donors (Lipinski definition) is 2. The number of nitrogens with zero attached hydrogens (tertiary/aromatic N) is 3. The van der Waals surface area contributed by atoms with Crippen LogP contribution in [-0.4, -0.2) is 23.8 Å². The Hall–Kier alpha value is -3.16. The molecule has 1 aliphatic rings. The lowest BCUT2D eigenvalue weighted by Crippen LogP contribution is -2.49. The number of benzene rings is 1. The van der Waals surface area contributed by atoms with Crippen LogP contribution in [0.4, 0.5) is 10.5 Å². The highest BCUT2D eigenvalue weighted by molar-refractivity contribution is 6.00. The number of rotatable bonds is 7. The summed E-state index contributed by atoms with van der Waals surface area (Å²) in [5.74, 6) is 12.0. The molecule has 0 saturated heterocycles. The van der Waals surface area contributed by atoms with Crippen LogP contribution >= 0.6 is 0 Å². The molecule has 7 heteroatoms. The van der Waals surface area contributed by atoms with E-state index in [1.165, 1.54) is 25.5 Å². The number of hydrogen-bond acceptors (Lipinski definition) is 5. The fourth-order valence-corrected chi connectivity index (χ4v) is 3.45. The second-order valence-corrected chi connectivity index (χ2v) is 8.01. The molecule has 1 aliphatic carbocycles. The average molecular weight is 438 g/mol. The van der Waals surface area contributed by atoms with E-state index in [4.69, 9.17) is 16.5 Å². The van der Waals surface area contributed by atoms with Gasteiger partial charge in [0.15, 0.2) is 0 Å². The third kappa shape index (κ3) is 6.67. The van der Waals surface area contributed by atoms with Crippen molar-refractivity contribution in [2.45, 2.75) is 46.6 Å². The van der Waals surface area contributed by atoms with Gasteiger partial charge in [-0.1, -0.05) is 61.2 Å². The third-order valence-corrected chi connectivity index (χ3v) is 5.54. The van der Waals surface area contributed by atoms with Gasteiger partial charge in [0.05, 0.1) is 11.4 Å². The zero-order valence-corrected chi connectivity index (χ0v) is 19.5. The van der Waals surface area contributed by atoms with Crippen LogP contribution in [0.1, 0.15) is 44.2 Å². The van der Waals surface area contributed by atoms with Gasteiger partial charge in [-0.15, -0.1) is 0 Å². The smallest absolute Gasteiger partial charge is 0.352 e. The second kappa shape index (κ2) is 12.0. The summed E-state index contributed by atoms with van der Waals surface area (Å²) in [7, 11) is 1.44. The first-order chi connectivity index (χ1) is 15.3. The summed E-state index contributed by atoms with van der Waals surface area (Å²) in [4.78, 5) is 17.8. The number of oxime groups is 1. The van der Waals surface area contributed by atoms with Crippen LogP contribution in [0.25, 0.3) is 0 Å². The Kier molecular flexibility index (Phi) is 9.43. The van der Waals surface area contributed by atoms with Crippen molar-refractivity contribution in [2.75, 3.05) is 12.1 Å². The number of anilines is 1. The van der Waals surface area contributed by atoms with Gasteiger partial charge in [-0.2, -0.15) is 0 Å². The summed E-state index contributed by atoms with van der Waals surface area (Å²) in [6, 6.07) is 4.95. The Morgan fingerprint density at radius 2 is 2.12 bits per heavy atom. The van der Waals surface area contributed by atoms with Crippen molar-refractivity contribution >= 4 is 17.4 Å². The molecule has 1 unspecified atom stereocenters. The summed E-state index contributed by atoms with van der Waals surface area (Å²) < 4.78 is 0. The molecule has 1 atom stereocenters. The molecule has 2 rings (SSSR count). The van der Waals surface area contributed by atoms with Gasteiger partial charge in [0.2, 0.25) is 0 Å². The van der Waals surface area contributed by atoms with Crippen molar-refractivity contribution in [3.8, 4) is 0 Å². The largest absolute Gasteiger partial charge is 0.391 e. The lowest BCUT2D eigenvalue weighted by atomic mass is 9.96. The van der Waals surface area contributed by atoms with Gasteiger partial charge in [0, 0.05) is 12.6 Å². The van der Waals surface area contributed by atoms with Crippen LogP contribution in [0.2, 0.25) is 0 Å². The molecule has 2 amide bonds. The van der Waals surface area contributed by atoms with E-state index in [1.807, 2.05) is 32.1 Å². The predicted molar refractivity (Wildman–Crippen MR) is 132 cm³/mol. The van der Waals surface area contributed by atoms with Crippen molar-refractivity contribution in [3.05, 3.63) is 77.4 Å². The van der Waals surface area contributed by atoms with Crippen LogP contribution < -0.4 is 16.7 Å². The number of carbonyl (C=O) groups excluding carboxylic acids is 1. The SMILES string of the molecule is C=CC(=C\C=C1\C=CCCCC1C)/C(C)=N/OCc1c(C)cccc1N(N)C(=O)N(C)N. The standard InChI is InChI=1S/C25H35N5O2/c1-6-21(15-16-22-13-9-7-8-11-18(22)2)20(4)28-32-17-23-19(3)12-10-14-24(23)30(27)25(31)29(5)26/h6,9-10,12-16,18H,1,7-8,11,17,26-27H2,2-5H3/b21-15+,22-16-,28-20+. The molecule has 4 N–H and O–H groups in total. The van der Waals surface area contributed by atoms with E-state index in [9.17, 15) is 4.79 Å². The molecule has 1 aromatic carbocycles. The molecule has 172 valence electrons. The number of amides is 2. The first kappa shape index (κ1) is 25.1. The number of allylic oxidation sites excluding steroid dienone is 7. The number of hydrazine groups is 2. The minimum Gasteiger partial charge on any atom is -0.391 e. The Labute approximate surface area is 191 Å². The van der Waals surface area contributed by atoms with Crippen molar-refractivity contribution in [1.29, 1.82) is 0 Å². The second-order valence-electron chi connectivity index (χ2n) is 8.01. The van der Waals surface area contributed by atoms with E-state index in [0.29, 0.717) is 17.3 Å². The first-order valence-corrected chi connectivity index (χ1v) is 10.8. The minimum absolute atomic E-state index is 0.153. The summed E-state index contributed by atoms with van der Waals surface area (Å²) in [5, 5.41) is 6.19. The molecule has 32 heavy (non-hydrogen) atoms. The van der Waals surface area contributed by atoms with E-state index >= 15 is 0 Å². The number of urea groups is 1. The predicted octanol–water partition coefficient (Wildman–Crippen LogP) is 4.91. The minimum atomic E-state index is -0.539. The van der Waals surface area contributed by atoms with E-state index in [0.717, 1.165) is 33.1 Å². The van der Waals surface area contributed by atoms with Crippen LogP contribution in [-0.2, 0) is 11.4 Å². The molecular weight excluding hydrogens is 402 g/mol. The van der Waals surface area contributed by atoms with Crippen LogP contribution in [0, 0.1) is 12.8 Å². The van der Waals surface area contributed by atoms with Gasteiger partial charge >= 0.3 is 6.03 Å². The zero-order chi connectivity index (χ0) is 23.7. The molecule has 0 saturated carbocycles. The van der Waals surface area contributed by atoms with Crippen molar-refractivity contribution < 1.29 is 9.63 Å². The highest BCUT2D eigenvalue weighted by Gasteiger charge is 2.19. The van der Waals surface area contributed by atoms with Crippen LogP contribution in [0.15, 0.2) is 71.5 Å². The van der Waals surface area contributed by atoms with E-state index in [-0.39, 0.29) is 6.61 Å². The molecule has 0 bridgehead atoms. The van der Waals surface area contributed by atoms with Gasteiger partial charge in [-0.05, 0) is 61.8 Å². The van der Waals surface area contributed by atoms with Crippen LogP contribution in [0.3, 0.4) is 0 Å². The molecule has 1 aromatic rings. The summed E-state index contributed by atoms with van der Waals surface area (Å²) in [6.45, 7) is 10.1. The average Bonchev–Trinajstić information content (AvgIpc) is 2.98. The lowest BCUT2D eigenvalue weighted by molar-refractivity contribution is 0.130. The van der Waals surface area contributed by atoms with Gasteiger partial charge in [0.1, 0.15) is 6.61 Å². The van der Waals surface area contributed by atoms with Crippen LogP contribution in [0.5, 0.6) is 0 Å². The lowest BCUT2D eigenvalue weighted by Gasteiger charge is -2.23.